The number of hydrazine groups is 1. The number of nitrogens with zero attached hydrogens (tertiary/aromatic N) is 1. The van der Waals surface area contributed by atoms with Gasteiger partial charge in [-0.3, -0.25) is 15.6 Å². The Kier molecular flexibility index (Phi) is 4.56. The van der Waals surface area contributed by atoms with Crippen LogP contribution in [0.3, 0.4) is 0 Å². The first-order chi connectivity index (χ1) is 12.5. The van der Waals surface area contributed by atoms with Crippen LogP contribution in [-0.4, -0.2) is 5.91 Å². The molecule has 0 fully saturated rings. The molecule has 0 saturated carbocycles. The van der Waals surface area contributed by atoms with Gasteiger partial charge in [-0.2, -0.15) is 18.4 Å². The van der Waals surface area contributed by atoms with Crippen LogP contribution >= 0.6 is 10.2 Å². The number of nitriles is 1. The molecule has 0 aliphatic heterocycles. The minimum absolute atomic E-state index is 0.000671. The molecule has 1 amide bonds. The van der Waals surface area contributed by atoms with Crippen LogP contribution in [0.1, 0.15) is 21.5 Å². The van der Waals surface area contributed by atoms with Gasteiger partial charge in [0.15, 0.2) is 0 Å². The van der Waals surface area contributed by atoms with E-state index in [4.69, 9.17) is 5.26 Å². The zero-order valence-electron chi connectivity index (χ0n) is 13.3. The second-order valence-corrected chi connectivity index (χ2v) is 7.85. The lowest BCUT2D eigenvalue weighted by atomic mass is 10.1. The van der Waals surface area contributed by atoms with Gasteiger partial charge in [0.1, 0.15) is 4.90 Å². The third-order valence-electron chi connectivity index (χ3n) is 3.33. The van der Waals surface area contributed by atoms with Crippen molar-refractivity contribution in [1.82, 2.24) is 5.43 Å². The van der Waals surface area contributed by atoms with Crippen LogP contribution in [0.25, 0.3) is 0 Å². The molecule has 2 N–H and O–H groups in total. The molecule has 152 valence electrons. The van der Waals surface area contributed by atoms with E-state index in [2.05, 4.69) is 0 Å². The van der Waals surface area contributed by atoms with Gasteiger partial charge in [-0.1, -0.05) is 19.4 Å². The molecule has 0 atom stereocenters. The van der Waals surface area contributed by atoms with Crippen molar-refractivity contribution in [1.29, 1.82) is 5.26 Å². The van der Waals surface area contributed by atoms with Gasteiger partial charge >= 0.3 is 16.4 Å². The van der Waals surface area contributed by atoms with E-state index in [-0.39, 0.29) is 17.7 Å². The third-order valence-corrected chi connectivity index (χ3v) is 4.49. The minimum atomic E-state index is -9.91. The van der Waals surface area contributed by atoms with Crippen molar-refractivity contribution in [2.24, 2.45) is 0 Å². The average Bonchev–Trinajstić information content (AvgIpc) is 2.57. The number of carbonyl (C=O) groups excluding carboxylic acids is 1. The molecule has 2 aromatic carbocycles. The molecule has 2 rings (SSSR count). The van der Waals surface area contributed by atoms with E-state index in [9.17, 15) is 37.4 Å². The average molecular weight is 431 g/mol. The Labute approximate surface area is 152 Å². The summed E-state index contributed by atoms with van der Waals surface area (Å²) in [5.41, 5.74) is 1.03. The number of benzene rings is 2. The van der Waals surface area contributed by atoms with Crippen LogP contribution in [0.5, 0.6) is 0 Å². The molecule has 0 bridgehead atoms. The summed E-state index contributed by atoms with van der Waals surface area (Å²) in [4.78, 5) is 9.64. The molecule has 0 spiro atoms. The standard InChI is InChI=1S/C15H9F8N3OS/c16-15(17,18)12-7-9(8-24)1-6-13(12)25-26-14(27)10-2-4-11(5-3-10)28(19,20,21,22)23/h1-7,25H,(H,26,27). The number of alkyl halides is 3. The van der Waals surface area contributed by atoms with E-state index < -0.39 is 44.0 Å². The smallest absolute Gasteiger partial charge is 0.298 e. The highest BCUT2D eigenvalue weighted by Crippen LogP contribution is 3.02. The maximum atomic E-state index is 13.0. The first-order valence-corrected chi connectivity index (χ1v) is 8.98. The molecule has 4 nitrogen and oxygen atoms in total. The van der Waals surface area contributed by atoms with Gasteiger partial charge < -0.3 is 0 Å². The Morgan fingerprint density at radius 3 is 2.00 bits per heavy atom. The van der Waals surface area contributed by atoms with Gasteiger partial charge in [0.25, 0.3) is 5.91 Å². The first kappa shape index (κ1) is 21.3. The normalized spacial score (nSPS) is 14.4. The van der Waals surface area contributed by atoms with E-state index in [1.165, 1.54) is 6.07 Å². The van der Waals surface area contributed by atoms with Gasteiger partial charge in [-0.15, -0.1) is 0 Å². The number of amides is 1. The molecule has 0 aromatic heterocycles. The molecule has 0 heterocycles. The Morgan fingerprint density at radius 1 is 0.964 bits per heavy atom. The summed E-state index contributed by atoms with van der Waals surface area (Å²) in [5, 5.41) is 8.66. The number of anilines is 1. The Bertz CT molecular complexity index is 963. The molecular formula is C15H9F8N3OS. The molecule has 0 unspecified atom stereocenters. The summed E-state index contributed by atoms with van der Waals surface area (Å²) < 4.78 is 102. The van der Waals surface area contributed by atoms with E-state index in [0.29, 0.717) is 18.2 Å². The molecular weight excluding hydrogens is 422 g/mol. The lowest BCUT2D eigenvalue weighted by Crippen LogP contribution is -2.30. The maximum absolute atomic E-state index is 13.0. The predicted octanol–water partition coefficient (Wildman–Crippen LogP) is 5.99. The third kappa shape index (κ3) is 5.03. The Morgan fingerprint density at radius 2 is 1.54 bits per heavy atom. The number of hydrogen-bond acceptors (Lipinski definition) is 3. The SMILES string of the molecule is N#Cc1ccc(NNC(=O)c2ccc(S(F)(F)(F)(F)F)cc2)c(C(F)(F)F)c1. The van der Waals surface area contributed by atoms with Gasteiger partial charge in [0.05, 0.1) is 22.9 Å². The fourth-order valence-electron chi connectivity index (χ4n) is 2.02. The number of rotatable bonds is 4. The Hall–Kier alpha value is -3.01. The first-order valence-electron chi connectivity index (χ1n) is 7.03. The number of nitrogens with one attached hydrogen (secondary N) is 2. The second-order valence-electron chi connectivity index (χ2n) is 5.44. The quantitative estimate of drug-likeness (QED) is 0.462. The van der Waals surface area contributed by atoms with Crippen LogP contribution in [0.4, 0.5) is 38.3 Å². The van der Waals surface area contributed by atoms with Crippen molar-refractivity contribution < 1.29 is 37.4 Å². The Balaban J connectivity index is 2.21. The lowest BCUT2D eigenvalue weighted by Gasteiger charge is -2.40. The van der Waals surface area contributed by atoms with Crippen LogP contribution in [0.2, 0.25) is 0 Å². The van der Waals surface area contributed by atoms with Gasteiger partial charge in [-0.05, 0) is 42.5 Å². The van der Waals surface area contributed by atoms with Crippen molar-refractivity contribution in [2.45, 2.75) is 11.1 Å². The van der Waals surface area contributed by atoms with Crippen LogP contribution in [0, 0.1) is 11.3 Å². The highest BCUT2D eigenvalue weighted by molar-refractivity contribution is 8.45. The second kappa shape index (κ2) is 5.99. The highest BCUT2D eigenvalue weighted by Gasteiger charge is 2.65. The minimum Gasteiger partial charge on any atom is -0.298 e. The van der Waals surface area contributed by atoms with E-state index >= 15 is 0 Å². The number of halogens is 8. The topological polar surface area (TPSA) is 64.9 Å². The summed E-state index contributed by atoms with van der Waals surface area (Å²) in [6, 6.07) is 4.84. The number of carbonyl (C=O) groups is 1. The molecule has 0 saturated heterocycles. The van der Waals surface area contributed by atoms with Crippen molar-refractivity contribution in [3.05, 3.63) is 59.2 Å². The molecule has 2 aromatic rings. The summed E-state index contributed by atoms with van der Waals surface area (Å²) in [7, 11) is -9.91. The van der Waals surface area contributed by atoms with Gasteiger partial charge in [-0.25, -0.2) is 0 Å². The molecule has 28 heavy (non-hydrogen) atoms. The van der Waals surface area contributed by atoms with E-state index in [1.54, 1.807) is 0 Å². The largest absolute Gasteiger partial charge is 0.418 e. The van der Waals surface area contributed by atoms with Crippen molar-refractivity contribution in [3.8, 4) is 6.07 Å². The monoisotopic (exact) mass is 431 g/mol. The van der Waals surface area contributed by atoms with E-state index in [0.717, 1.165) is 12.1 Å². The molecule has 0 aliphatic carbocycles. The molecule has 0 aliphatic rings. The van der Waals surface area contributed by atoms with Crippen molar-refractivity contribution in [2.75, 3.05) is 5.43 Å². The van der Waals surface area contributed by atoms with Crippen LogP contribution in [-0.2, 0) is 6.18 Å². The van der Waals surface area contributed by atoms with E-state index in [1.807, 2.05) is 10.9 Å². The maximum Gasteiger partial charge on any atom is 0.418 e. The lowest BCUT2D eigenvalue weighted by molar-refractivity contribution is -0.137. The summed E-state index contributed by atoms with van der Waals surface area (Å²) in [6.07, 6.45) is -4.87. The van der Waals surface area contributed by atoms with Crippen LogP contribution in [0.15, 0.2) is 47.4 Å². The predicted molar refractivity (Wildman–Crippen MR) is 85.1 cm³/mol. The zero-order chi connectivity index (χ0) is 21.4. The fourth-order valence-corrected chi connectivity index (χ4v) is 2.67. The van der Waals surface area contributed by atoms with Gasteiger partial charge in [0, 0.05) is 5.56 Å². The van der Waals surface area contributed by atoms with Crippen LogP contribution < -0.4 is 10.9 Å². The zero-order valence-corrected chi connectivity index (χ0v) is 14.1. The fraction of sp³-hybridized carbons (Fsp3) is 0.0667. The summed E-state index contributed by atoms with van der Waals surface area (Å²) >= 11 is 0. The molecule has 0 radical (unpaired) electrons. The highest BCUT2D eigenvalue weighted by atomic mass is 32.5. The van der Waals surface area contributed by atoms with Gasteiger partial charge in [0.2, 0.25) is 0 Å². The summed E-state index contributed by atoms with van der Waals surface area (Å²) in [6.45, 7) is 0. The van der Waals surface area contributed by atoms with Crippen molar-refractivity contribution in [3.63, 3.8) is 0 Å². The summed E-state index contributed by atoms with van der Waals surface area (Å²) in [5.74, 6) is -1.17. The van der Waals surface area contributed by atoms with Crippen molar-refractivity contribution >= 4 is 21.8 Å². The molecule has 13 heteroatoms. The number of hydrogen-bond donors (Lipinski definition) is 2.